The maximum absolute atomic E-state index is 13.8. The Morgan fingerprint density at radius 2 is 1.84 bits per heavy atom. The number of rotatable bonds is 6. The maximum Gasteiger partial charge on any atom is 0.254 e. The molecule has 0 saturated carbocycles. The number of aromatic nitrogens is 3. The molecule has 0 radical (unpaired) electrons. The van der Waals surface area contributed by atoms with Crippen LogP contribution in [-0.4, -0.2) is 38.4 Å². The molecule has 0 fully saturated rings. The van der Waals surface area contributed by atoms with Crippen molar-refractivity contribution < 1.29 is 18.0 Å². The number of pyridine rings is 1. The van der Waals surface area contributed by atoms with E-state index in [0.29, 0.717) is 22.9 Å². The van der Waals surface area contributed by atoms with E-state index in [-0.39, 0.29) is 23.7 Å². The molecule has 2 aromatic heterocycles. The number of halogens is 3. The van der Waals surface area contributed by atoms with Crippen LogP contribution >= 0.6 is 0 Å². The van der Waals surface area contributed by atoms with Crippen molar-refractivity contribution in [2.45, 2.75) is 27.1 Å². The number of hydrogen-bond donors (Lipinski definition) is 1. The van der Waals surface area contributed by atoms with E-state index in [9.17, 15) is 18.0 Å². The van der Waals surface area contributed by atoms with Crippen LogP contribution in [0.25, 0.3) is 5.82 Å². The van der Waals surface area contributed by atoms with Crippen LogP contribution in [0.4, 0.5) is 18.9 Å². The van der Waals surface area contributed by atoms with Crippen LogP contribution in [0.3, 0.4) is 0 Å². The van der Waals surface area contributed by atoms with Crippen LogP contribution in [0.5, 0.6) is 0 Å². The molecule has 0 unspecified atom stereocenters. The molecule has 0 saturated heterocycles. The Morgan fingerprint density at radius 1 is 1.12 bits per heavy atom. The van der Waals surface area contributed by atoms with Crippen molar-refractivity contribution in [2.75, 3.05) is 12.4 Å². The summed E-state index contributed by atoms with van der Waals surface area (Å²) in [7, 11) is 1.56. The smallest absolute Gasteiger partial charge is 0.254 e. The second-order valence-electron chi connectivity index (χ2n) is 7.93. The summed E-state index contributed by atoms with van der Waals surface area (Å²) in [4.78, 5) is 16.6. The lowest BCUT2D eigenvalue weighted by Crippen LogP contribution is -2.33. The molecular weight excluding hydrogens is 421 g/mol. The highest BCUT2D eigenvalue weighted by atomic mass is 19.1. The Bertz CT molecular complexity index is 1180. The third kappa shape index (κ3) is 3.72. The number of hydrogen-bond acceptors (Lipinski definition) is 5. The van der Waals surface area contributed by atoms with Gasteiger partial charge in [0.15, 0.2) is 5.82 Å². The molecule has 10 heteroatoms. The second-order valence-corrected chi connectivity index (χ2v) is 7.93. The zero-order chi connectivity index (χ0) is 23.0. The molecule has 0 aliphatic carbocycles. The number of alkyl halides is 1. The molecule has 0 bridgehead atoms. The first-order valence-electron chi connectivity index (χ1n) is 9.88. The first kappa shape index (κ1) is 21.5. The second kappa shape index (κ2) is 8.10. The number of carbonyl (C=O) groups excluding carboxylic acids is 1. The van der Waals surface area contributed by atoms with Gasteiger partial charge in [0.1, 0.15) is 29.7 Å². The van der Waals surface area contributed by atoms with Crippen LogP contribution in [0, 0.1) is 17.0 Å². The lowest BCUT2D eigenvalue weighted by atomic mass is 9.85. The van der Waals surface area contributed by atoms with Gasteiger partial charge in [-0.1, -0.05) is 6.07 Å². The highest BCUT2D eigenvalue weighted by Crippen LogP contribution is 2.31. The molecule has 1 aliphatic rings. The lowest BCUT2D eigenvalue weighted by Gasteiger charge is -2.16. The van der Waals surface area contributed by atoms with E-state index in [1.165, 1.54) is 34.1 Å². The molecule has 3 heterocycles. The highest BCUT2D eigenvalue weighted by Gasteiger charge is 2.43. The highest BCUT2D eigenvalue weighted by molar-refractivity contribution is 6.18. The number of hydrazone groups is 1. The van der Waals surface area contributed by atoms with Crippen molar-refractivity contribution in [2.24, 2.45) is 10.5 Å². The number of anilines is 1. The van der Waals surface area contributed by atoms with Gasteiger partial charge in [0, 0.05) is 19.2 Å². The zero-order valence-electron chi connectivity index (χ0n) is 17.7. The van der Waals surface area contributed by atoms with E-state index in [4.69, 9.17) is 0 Å². The van der Waals surface area contributed by atoms with Gasteiger partial charge in [0.2, 0.25) is 0 Å². The summed E-state index contributed by atoms with van der Waals surface area (Å²) in [5.74, 6) is -1.10. The summed E-state index contributed by atoms with van der Waals surface area (Å²) < 4.78 is 42.6. The van der Waals surface area contributed by atoms with Crippen molar-refractivity contribution in [3.8, 4) is 5.82 Å². The third-order valence-corrected chi connectivity index (χ3v) is 5.33. The topological polar surface area (TPSA) is 75.4 Å². The number of amides is 1. The van der Waals surface area contributed by atoms with Gasteiger partial charge in [0.25, 0.3) is 5.91 Å². The van der Waals surface area contributed by atoms with Crippen LogP contribution in [0.15, 0.2) is 47.7 Å². The molecule has 1 aliphatic heterocycles. The van der Waals surface area contributed by atoms with E-state index < -0.39 is 23.7 Å². The lowest BCUT2D eigenvalue weighted by molar-refractivity contribution is -0.133. The van der Waals surface area contributed by atoms with Crippen molar-refractivity contribution in [1.82, 2.24) is 19.8 Å². The van der Waals surface area contributed by atoms with Gasteiger partial charge in [-0.3, -0.25) is 4.79 Å². The van der Waals surface area contributed by atoms with E-state index >= 15 is 0 Å². The van der Waals surface area contributed by atoms with Crippen LogP contribution in [0.1, 0.15) is 30.8 Å². The molecule has 0 spiro atoms. The largest absolute Gasteiger partial charge is 0.379 e. The fraction of sp³-hybridized carbons (Fsp3) is 0.273. The summed E-state index contributed by atoms with van der Waals surface area (Å²) in [6.07, 6.45) is 1.46. The Hall–Kier alpha value is -3.69. The molecule has 3 aromatic rings. The van der Waals surface area contributed by atoms with Gasteiger partial charge in [-0.25, -0.2) is 27.8 Å². The predicted molar refractivity (Wildman–Crippen MR) is 113 cm³/mol. The number of nitrogens with one attached hydrogen (secondary N) is 1. The molecule has 166 valence electrons. The summed E-state index contributed by atoms with van der Waals surface area (Å²) in [5, 5.41) is 12.9. The summed E-state index contributed by atoms with van der Waals surface area (Å²) >= 11 is 0. The van der Waals surface area contributed by atoms with Crippen molar-refractivity contribution >= 4 is 17.3 Å². The normalized spacial score (nSPS) is 15.2. The Kier molecular flexibility index (Phi) is 5.45. The molecule has 1 aromatic carbocycles. The van der Waals surface area contributed by atoms with Gasteiger partial charge in [0.05, 0.1) is 23.0 Å². The van der Waals surface area contributed by atoms with Crippen LogP contribution in [-0.2, 0) is 18.0 Å². The van der Waals surface area contributed by atoms with E-state index in [1.54, 1.807) is 39.1 Å². The fourth-order valence-electron chi connectivity index (χ4n) is 3.53. The average molecular weight is 442 g/mol. The van der Waals surface area contributed by atoms with Gasteiger partial charge >= 0.3 is 0 Å². The van der Waals surface area contributed by atoms with Crippen LogP contribution < -0.4 is 5.32 Å². The van der Waals surface area contributed by atoms with E-state index in [2.05, 4.69) is 20.5 Å². The summed E-state index contributed by atoms with van der Waals surface area (Å²) in [6, 6.07) is 8.49. The quantitative estimate of drug-likeness (QED) is 0.630. The minimum absolute atomic E-state index is 0.0579. The Labute approximate surface area is 182 Å². The Morgan fingerprint density at radius 3 is 2.41 bits per heavy atom. The van der Waals surface area contributed by atoms with Crippen LogP contribution in [0.2, 0.25) is 0 Å². The minimum Gasteiger partial charge on any atom is -0.379 e. The maximum atomic E-state index is 13.8. The van der Waals surface area contributed by atoms with Gasteiger partial charge in [-0.15, -0.1) is 0 Å². The Balaban J connectivity index is 1.57. The van der Waals surface area contributed by atoms with E-state index in [1.807, 2.05) is 0 Å². The van der Waals surface area contributed by atoms with Gasteiger partial charge in [-0.05, 0) is 44.2 Å². The van der Waals surface area contributed by atoms with Gasteiger partial charge in [-0.2, -0.15) is 10.2 Å². The predicted octanol–water partition coefficient (Wildman–Crippen LogP) is 3.83. The number of nitrogens with zero attached hydrogens (tertiary/aromatic N) is 5. The third-order valence-electron chi connectivity index (χ3n) is 5.33. The molecule has 0 atom stereocenters. The fourth-order valence-corrected chi connectivity index (χ4v) is 3.53. The molecule has 32 heavy (non-hydrogen) atoms. The van der Waals surface area contributed by atoms with Crippen molar-refractivity contribution in [3.63, 3.8) is 0 Å². The van der Waals surface area contributed by atoms with E-state index in [0.717, 1.165) is 0 Å². The minimum atomic E-state index is -0.884. The van der Waals surface area contributed by atoms with Gasteiger partial charge < -0.3 is 5.32 Å². The first-order chi connectivity index (χ1) is 15.2. The number of benzene rings is 1. The number of carbonyl (C=O) groups is 1. The average Bonchev–Trinajstić information content (AvgIpc) is 3.28. The monoisotopic (exact) mass is 442 g/mol. The molecule has 7 nitrogen and oxygen atoms in total. The molecule has 1 amide bonds. The summed E-state index contributed by atoms with van der Waals surface area (Å²) in [6.45, 7) is 2.63. The molecular formula is C22H21F3N6O. The van der Waals surface area contributed by atoms with Crippen molar-refractivity contribution in [1.29, 1.82) is 0 Å². The first-order valence-corrected chi connectivity index (χ1v) is 9.88. The molecule has 1 N–H and O–H groups in total. The summed E-state index contributed by atoms with van der Waals surface area (Å²) in [5.41, 5.74) is 0.654. The SMILES string of the molecule is CN1N=C(c2cc(CF)n(-c3ccc(NCc4c(F)cccc4F)cn3)n2)C(C)(C)C1=O. The standard InChI is InChI=1S/C22H21F3N6O/c1-22(2)20(29-30(3)21(22)32)18-9-14(10-23)31(28-18)19-8-7-13(11-27-19)26-12-15-16(24)5-4-6-17(15)25/h4-9,11,26H,10,12H2,1-3H3. The zero-order valence-corrected chi connectivity index (χ0v) is 17.7. The molecule has 4 rings (SSSR count). The van der Waals surface area contributed by atoms with Crippen molar-refractivity contribution in [3.05, 3.63) is 71.2 Å².